The molecular formula is C19H17Cl3N4O2. The zero-order valence-electron chi connectivity index (χ0n) is 14.6. The van der Waals surface area contributed by atoms with Gasteiger partial charge in [0.1, 0.15) is 18.2 Å². The van der Waals surface area contributed by atoms with E-state index in [4.69, 9.17) is 39.4 Å². The summed E-state index contributed by atoms with van der Waals surface area (Å²) in [7, 11) is 0. The van der Waals surface area contributed by atoms with Gasteiger partial charge in [0.15, 0.2) is 5.78 Å². The first-order chi connectivity index (χ1) is 13.0. The number of hydrogen-bond acceptors (Lipinski definition) is 6. The van der Waals surface area contributed by atoms with Crippen LogP contribution in [0.4, 0.5) is 11.8 Å². The Morgan fingerprint density at radius 2 is 1.64 bits per heavy atom. The zero-order valence-corrected chi connectivity index (χ0v) is 16.9. The molecule has 28 heavy (non-hydrogen) atoms. The monoisotopic (exact) mass is 438 g/mol. The van der Waals surface area contributed by atoms with E-state index in [2.05, 4.69) is 9.97 Å². The van der Waals surface area contributed by atoms with Gasteiger partial charge in [-0.2, -0.15) is 4.98 Å². The topological polar surface area (TPSA) is 104 Å². The van der Waals surface area contributed by atoms with E-state index in [1.54, 1.807) is 36.4 Å². The number of benzene rings is 2. The fraction of sp³-hybridized carbons (Fsp3) is 0.105. The van der Waals surface area contributed by atoms with Crippen LogP contribution in [0.2, 0.25) is 5.02 Å². The van der Waals surface area contributed by atoms with Crippen LogP contribution in [0.1, 0.15) is 16.1 Å². The van der Waals surface area contributed by atoms with Gasteiger partial charge in [0.2, 0.25) is 5.95 Å². The minimum atomic E-state index is -0.149. The molecule has 0 saturated carbocycles. The molecule has 0 aliphatic rings. The number of alkyl halides is 1. The van der Waals surface area contributed by atoms with Gasteiger partial charge < -0.3 is 16.2 Å². The van der Waals surface area contributed by atoms with Gasteiger partial charge in [-0.25, -0.2) is 4.98 Å². The Morgan fingerprint density at radius 1 is 1.00 bits per heavy atom. The number of nitrogen functional groups attached to an aromatic ring is 2. The van der Waals surface area contributed by atoms with Crippen molar-refractivity contribution in [3.05, 3.63) is 64.8 Å². The normalized spacial score (nSPS) is 10.2. The molecule has 146 valence electrons. The first kappa shape index (κ1) is 21.8. The molecule has 6 nitrogen and oxygen atoms in total. The summed E-state index contributed by atoms with van der Waals surface area (Å²) in [5, 5.41) is 0.609. The van der Waals surface area contributed by atoms with Gasteiger partial charge >= 0.3 is 0 Å². The lowest BCUT2D eigenvalue weighted by molar-refractivity contribution is 0.102. The van der Waals surface area contributed by atoms with Gasteiger partial charge in [-0.05, 0) is 42.0 Å². The minimum Gasteiger partial charge on any atom is -0.487 e. The molecule has 0 spiro atoms. The molecule has 0 amide bonds. The number of anilines is 2. The number of hydrogen-bond donors (Lipinski definition) is 2. The first-order valence-corrected chi connectivity index (χ1v) is 8.89. The molecule has 0 atom stereocenters. The molecule has 0 unspecified atom stereocenters. The molecule has 0 aliphatic heterocycles. The van der Waals surface area contributed by atoms with E-state index < -0.39 is 0 Å². The second kappa shape index (κ2) is 9.59. The SMILES string of the molecule is Cl.Nc1nc(N)c(-c2ccc(Cl)cc2)c(COc2ccc(C(=O)CCl)cc2)n1. The third-order valence-corrected chi connectivity index (χ3v) is 4.33. The summed E-state index contributed by atoms with van der Waals surface area (Å²) in [5.74, 6) is 0.673. The van der Waals surface area contributed by atoms with Crippen molar-refractivity contribution in [2.45, 2.75) is 6.61 Å². The van der Waals surface area contributed by atoms with Crippen LogP contribution in [0, 0.1) is 0 Å². The molecule has 4 N–H and O–H groups in total. The summed E-state index contributed by atoms with van der Waals surface area (Å²) in [5.41, 5.74) is 14.3. The summed E-state index contributed by atoms with van der Waals surface area (Å²) in [6.45, 7) is 0.123. The maximum Gasteiger partial charge on any atom is 0.222 e. The van der Waals surface area contributed by atoms with Crippen LogP contribution in [0.5, 0.6) is 5.75 Å². The van der Waals surface area contributed by atoms with E-state index in [1.807, 2.05) is 12.1 Å². The Morgan fingerprint density at radius 3 is 2.25 bits per heavy atom. The number of carbonyl (C=O) groups excluding carboxylic acids is 1. The summed E-state index contributed by atoms with van der Waals surface area (Å²) in [4.78, 5) is 19.9. The Kier molecular flexibility index (Phi) is 7.45. The van der Waals surface area contributed by atoms with Crippen molar-refractivity contribution in [1.29, 1.82) is 0 Å². The third kappa shape index (κ3) is 5.04. The van der Waals surface area contributed by atoms with Crippen molar-refractivity contribution < 1.29 is 9.53 Å². The van der Waals surface area contributed by atoms with Crippen LogP contribution in [0.3, 0.4) is 0 Å². The molecule has 2 aromatic carbocycles. The first-order valence-electron chi connectivity index (χ1n) is 7.97. The molecular weight excluding hydrogens is 423 g/mol. The molecule has 0 radical (unpaired) electrons. The van der Waals surface area contributed by atoms with E-state index >= 15 is 0 Å². The van der Waals surface area contributed by atoms with Crippen LogP contribution in [-0.2, 0) is 6.61 Å². The van der Waals surface area contributed by atoms with Crippen molar-refractivity contribution in [2.75, 3.05) is 17.3 Å². The van der Waals surface area contributed by atoms with Gasteiger partial charge in [-0.15, -0.1) is 24.0 Å². The maximum absolute atomic E-state index is 11.6. The quantitative estimate of drug-likeness (QED) is 0.436. The van der Waals surface area contributed by atoms with E-state index in [0.717, 1.165) is 5.56 Å². The van der Waals surface area contributed by atoms with E-state index in [-0.39, 0.29) is 42.4 Å². The van der Waals surface area contributed by atoms with Crippen LogP contribution >= 0.6 is 35.6 Å². The second-order valence-corrected chi connectivity index (χ2v) is 6.37. The summed E-state index contributed by atoms with van der Waals surface area (Å²) < 4.78 is 5.78. The van der Waals surface area contributed by atoms with Crippen molar-refractivity contribution in [2.24, 2.45) is 0 Å². The Hall–Kier alpha value is -2.54. The second-order valence-electron chi connectivity index (χ2n) is 5.67. The Labute approximate surface area is 178 Å². The highest BCUT2D eigenvalue weighted by molar-refractivity contribution is 6.30. The van der Waals surface area contributed by atoms with E-state index in [0.29, 0.717) is 27.6 Å². The van der Waals surface area contributed by atoms with E-state index in [9.17, 15) is 4.79 Å². The average molecular weight is 440 g/mol. The van der Waals surface area contributed by atoms with E-state index in [1.165, 1.54) is 0 Å². The Bertz CT molecular complexity index is 964. The number of nitrogens with two attached hydrogens (primary N) is 2. The molecule has 9 heteroatoms. The number of halogens is 3. The van der Waals surface area contributed by atoms with Crippen LogP contribution in [0.15, 0.2) is 48.5 Å². The lowest BCUT2D eigenvalue weighted by Crippen LogP contribution is -2.09. The largest absolute Gasteiger partial charge is 0.487 e. The maximum atomic E-state index is 11.6. The predicted molar refractivity (Wildman–Crippen MR) is 114 cm³/mol. The molecule has 0 saturated heterocycles. The number of carbonyl (C=O) groups is 1. The van der Waals surface area contributed by atoms with Crippen molar-refractivity contribution in [1.82, 2.24) is 9.97 Å². The standard InChI is InChI=1S/C19H16Cl2N4O2.ClH/c20-9-16(26)11-3-7-14(8-4-11)27-10-15-17(18(22)25-19(23)24-15)12-1-5-13(21)6-2-12;/h1-8H,9-10H2,(H4,22,23,24,25);1H. The lowest BCUT2D eigenvalue weighted by atomic mass is 10.0. The van der Waals surface area contributed by atoms with Gasteiger partial charge in [0, 0.05) is 16.1 Å². The molecule has 1 heterocycles. The summed E-state index contributed by atoms with van der Waals surface area (Å²) in [6, 6.07) is 13.8. The summed E-state index contributed by atoms with van der Waals surface area (Å²) >= 11 is 11.5. The Balaban J connectivity index is 0.00000280. The number of rotatable bonds is 6. The van der Waals surface area contributed by atoms with Gasteiger partial charge in [-0.1, -0.05) is 23.7 Å². The minimum absolute atomic E-state index is 0. The number of nitrogens with zero attached hydrogens (tertiary/aromatic N) is 2. The summed E-state index contributed by atoms with van der Waals surface area (Å²) in [6.07, 6.45) is 0. The molecule has 1 aromatic heterocycles. The van der Waals surface area contributed by atoms with Gasteiger partial charge in [0.05, 0.1) is 11.6 Å². The molecule has 3 rings (SSSR count). The fourth-order valence-corrected chi connectivity index (χ4v) is 2.83. The van der Waals surface area contributed by atoms with Gasteiger partial charge in [-0.3, -0.25) is 4.79 Å². The molecule has 0 aliphatic carbocycles. The van der Waals surface area contributed by atoms with Gasteiger partial charge in [0.25, 0.3) is 0 Å². The highest BCUT2D eigenvalue weighted by atomic mass is 35.5. The van der Waals surface area contributed by atoms with Crippen molar-refractivity contribution in [3.8, 4) is 16.9 Å². The fourth-order valence-electron chi connectivity index (χ4n) is 2.55. The third-order valence-electron chi connectivity index (χ3n) is 3.84. The number of ether oxygens (including phenoxy) is 1. The predicted octanol–water partition coefficient (Wildman–Crippen LogP) is 4.38. The smallest absolute Gasteiger partial charge is 0.222 e. The average Bonchev–Trinajstić information content (AvgIpc) is 2.67. The van der Waals surface area contributed by atoms with Crippen LogP contribution < -0.4 is 16.2 Å². The highest BCUT2D eigenvalue weighted by Crippen LogP contribution is 2.30. The molecule has 0 bridgehead atoms. The molecule has 3 aromatic rings. The highest BCUT2D eigenvalue weighted by Gasteiger charge is 2.14. The molecule has 0 fully saturated rings. The number of ketones is 1. The van der Waals surface area contributed by atoms with Crippen LogP contribution in [-0.4, -0.2) is 21.6 Å². The van der Waals surface area contributed by atoms with Crippen molar-refractivity contribution >= 4 is 53.2 Å². The number of aromatic nitrogens is 2. The van der Waals surface area contributed by atoms with Crippen LogP contribution in [0.25, 0.3) is 11.1 Å². The lowest BCUT2D eigenvalue weighted by Gasteiger charge is -2.13. The number of Topliss-reactive ketones (excluding diaryl/α,β-unsaturated/α-hetero) is 1. The van der Waals surface area contributed by atoms with Crippen molar-refractivity contribution in [3.63, 3.8) is 0 Å². The zero-order chi connectivity index (χ0) is 19.4.